The molecule has 1 saturated heterocycles. The van der Waals surface area contributed by atoms with Crippen molar-refractivity contribution in [2.24, 2.45) is 0 Å². The van der Waals surface area contributed by atoms with E-state index in [0.717, 1.165) is 12.8 Å². The van der Waals surface area contributed by atoms with Crippen LogP contribution in [0.5, 0.6) is 0 Å². The first kappa shape index (κ1) is 10.8. The van der Waals surface area contributed by atoms with Gasteiger partial charge in [-0.15, -0.1) is 0 Å². The van der Waals surface area contributed by atoms with Crippen LogP contribution in [0.25, 0.3) is 0 Å². The van der Waals surface area contributed by atoms with Gasteiger partial charge >= 0.3 is 5.97 Å². The van der Waals surface area contributed by atoms with Gasteiger partial charge in [-0.2, -0.15) is 0 Å². The maximum Gasteiger partial charge on any atom is 0.325 e. The van der Waals surface area contributed by atoms with Crippen LogP contribution in [0.2, 0.25) is 0 Å². The van der Waals surface area contributed by atoms with Crippen molar-refractivity contribution in [1.82, 2.24) is 5.32 Å². The van der Waals surface area contributed by atoms with E-state index in [2.05, 4.69) is 29.6 Å². The molecule has 3 heteroatoms. The summed E-state index contributed by atoms with van der Waals surface area (Å²) in [7, 11) is 0. The van der Waals surface area contributed by atoms with Crippen LogP contribution in [0.3, 0.4) is 0 Å². The zero-order valence-electron chi connectivity index (χ0n) is 10.2. The van der Waals surface area contributed by atoms with Crippen molar-refractivity contribution < 1.29 is 9.53 Å². The lowest BCUT2D eigenvalue weighted by molar-refractivity contribution is -0.162. The fourth-order valence-electron chi connectivity index (χ4n) is 3.02. The number of fused-ring (bicyclic) bond motifs is 2. The maximum absolute atomic E-state index is 11.7. The first-order chi connectivity index (χ1) is 8.04. The molecule has 0 aromatic heterocycles. The highest BCUT2D eigenvalue weighted by atomic mass is 16.5. The molecule has 1 spiro atoms. The van der Waals surface area contributed by atoms with E-state index in [4.69, 9.17) is 4.74 Å². The second-order valence-electron chi connectivity index (χ2n) is 5.57. The zero-order valence-corrected chi connectivity index (χ0v) is 10.2. The smallest absolute Gasteiger partial charge is 0.325 e. The third kappa shape index (κ3) is 1.49. The number of aryl methyl sites for hydroxylation is 1. The van der Waals surface area contributed by atoms with Gasteiger partial charge in [-0.3, -0.25) is 10.1 Å². The van der Waals surface area contributed by atoms with E-state index in [1.54, 1.807) is 0 Å². The Kier molecular flexibility index (Phi) is 2.11. The molecule has 17 heavy (non-hydrogen) atoms. The highest BCUT2D eigenvalue weighted by Gasteiger charge is 2.49. The number of cyclic esters (lactones) is 1. The molecule has 0 saturated carbocycles. The van der Waals surface area contributed by atoms with E-state index in [9.17, 15) is 4.79 Å². The summed E-state index contributed by atoms with van der Waals surface area (Å²) in [5.74, 6) is -0.160. The van der Waals surface area contributed by atoms with Gasteiger partial charge in [0.1, 0.15) is 12.1 Å². The number of morpholine rings is 1. The molecule has 1 aromatic carbocycles. The molecular weight excluding hydrogens is 214 g/mol. The molecule has 1 N–H and O–H groups in total. The van der Waals surface area contributed by atoms with Crippen LogP contribution >= 0.6 is 0 Å². The van der Waals surface area contributed by atoms with Gasteiger partial charge < -0.3 is 4.74 Å². The minimum absolute atomic E-state index is 0.160. The Morgan fingerprint density at radius 1 is 1.29 bits per heavy atom. The molecule has 1 atom stereocenters. The van der Waals surface area contributed by atoms with Crippen molar-refractivity contribution in [1.29, 1.82) is 0 Å². The molecule has 0 bridgehead atoms. The first-order valence-corrected chi connectivity index (χ1v) is 6.08. The van der Waals surface area contributed by atoms with E-state index in [1.807, 2.05) is 13.8 Å². The fourth-order valence-corrected chi connectivity index (χ4v) is 3.02. The Hall–Kier alpha value is -1.35. The Balaban J connectivity index is 2.02. The largest absolute Gasteiger partial charge is 0.462 e. The van der Waals surface area contributed by atoms with Crippen LogP contribution in [0.4, 0.5) is 0 Å². The van der Waals surface area contributed by atoms with E-state index in [1.165, 1.54) is 11.1 Å². The maximum atomic E-state index is 11.7. The molecule has 1 fully saturated rings. The van der Waals surface area contributed by atoms with Crippen molar-refractivity contribution >= 4 is 5.97 Å². The number of nitrogens with one attached hydrogen (secondary N) is 1. The summed E-state index contributed by atoms with van der Waals surface area (Å²) in [6, 6.07) is 8.43. The van der Waals surface area contributed by atoms with Crippen molar-refractivity contribution in [2.75, 3.05) is 6.61 Å². The van der Waals surface area contributed by atoms with Gasteiger partial charge in [-0.05, 0) is 37.8 Å². The number of benzene rings is 1. The summed E-state index contributed by atoms with van der Waals surface area (Å²) in [5, 5.41) is 3.50. The predicted octanol–water partition coefficient (Wildman–Crippen LogP) is 1.75. The molecule has 0 amide bonds. The number of hydrogen-bond donors (Lipinski definition) is 1. The van der Waals surface area contributed by atoms with Crippen LogP contribution in [-0.2, 0) is 21.5 Å². The van der Waals surface area contributed by atoms with Crippen molar-refractivity contribution in [2.45, 2.75) is 37.8 Å². The minimum atomic E-state index is -0.601. The van der Waals surface area contributed by atoms with Gasteiger partial charge in [-0.1, -0.05) is 24.3 Å². The molecular formula is C14H17NO2. The van der Waals surface area contributed by atoms with Gasteiger partial charge in [0.15, 0.2) is 0 Å². The number of esters is 1. The third-order valence-electron chi connectivity index (χ3n) is 3.87. The summed E-state index contributed by atoms with van der Waals surface area (Å²) in [5.41, 5.74) is 1.89. The second-order valence-corrected chi connectivity index (χ2v) is 5.57. The molecule has 1 aromatic rings. The summed E-state index contributed by atoms with van der Waals surface area (Å²) >= 11 is 0. The van der Waals surface area contributed by atoms with Gasteiger partial charge in [0.05, 0.1) is 5.54 Å². The highest BCUT2D eigenvalue weighted by Crippen LogP contribution is 2.40. The van der Waals surface area contributed by atoms with Crippen molar-refractivity contribution in [3.8, 4) is 0 Å². The van der Waals surface area contributed by atoms with Gasteiger partial charge in [0, 0.05) is 0 Å². The van der Waals surface area contributed by atoms with E-state index in [0.29, 0.717) is 6.61 Å². The van der Waals surface area contributed by atoms with Gasteiger partial charge in [0.25, 0.3) is 0 Å². The van der Waals surface area contributed by atoms with E-state index in [-0.39, 0.29) is 11.5 Å². The molecule has 1 heterocycles. The van der Waals surface area contributed by atoms with Gasteiger partial charge in [-0.25, -0.2) is 0 Å². The monoisotopic (exact) mass is 231 g/mol. The summed E-state index contributed by atoms with van der Waals surface area (Å²) in [6.45, 7) is 4.22. The Morgan fingerprint density at radius 3 is 2.82 bits per heavy atom. The summed E-state index contributed by atoms with van der Waals surface area (Å²) in [6.07, 6.45) is 2.06. The Bertz CT molecular complexity index is 481. The lowest BCUT2D eigenvalue weighted by Gasteiger charge is -2.43. The van der Waals surface area contributed by atoms with E-state index < -0.39 is 5.54 Å². The number of rotatable bonds is 0. The molecule has 2 aliphatic rings. The lowest BCUT2D eigenvalue weighted by Crippen LogP contribution is -2.63. The number of carbonyl (C=O) groups is 1. The Labute approximate surface area is 101 Å². The first-order valence-electron chi connectivity index (χ1n) is 6.08. The van der Waals surface area contributed by atoms with Crippen LogP contribution in [0, 0.1) is 0 Å². The highest BCUT2D eigenvalue weighted by molar-refractivity contribution is 5.81. The van der Waals surface area contributed by atoms with Crippen molar-refractivity contribution in [3.63, 3.8) is 0 Å². The molecule has 90 valence electrons. The number of hydrogen-bond acceptors (Lipinski definition) is 3. The second kappa shape index (κ2) is 3.33. The van der Waals surface area contributed by atoms with Crippen LogP contribution < -0.4 is 5.32 Å². The van der Waals surface area contributed by atoms with E-state index >= 15 is 0 Å². The number of carbonyl (C=O) groups excluding carboxylic acids is 1. The SMILES string of the molecule is CC1(C)NC2(CCc3ccccc32)COC1=O. The zero-order chi connectivity index (χ0) is 12.1. The third-order valence-corrected chi connectivity index (χ3v) is 3.87. The summed E-state index contributed by atoms with van der Waals surface area (Å²) < 4.78 is 5.39. The molecule has 3 nitrogen and oxygen atoms in total. The minimum Gasteiger partial charge on any atom is -0.462 e. The van der Waals surface area contributed by atoms with Crippen molar-refractivity contribution in [3.05, 3.63) is 35.4 Å². The quantitative estimate of drug-likeness (QED) is 0.691. The van der Waals surface area contributed by atoms with Crippen LogP contribution in [0.1, 0.15) is 31.4 Å². The molecule has 1 aliphatic carbocycles. The van der Waals surface area contributed by atoms with Crippen LogP contribution in [-0.4, -0.2) is 18.1 Å². The average molecular weight is 231 g/mol. The van der Waals surface area contributed by atoms with Crippen LogP contribution in [0.15, 0.2) is 24.3 Å². The molecule has 3 rings (SSSR count). The predicted molar refractivity (Wildman–Crippen MR) is 64.6 cm³/mol. The molecule has 1 aliphatic heterocycles. The normalized spacial score (nSPS) is 30.1. The van der Waals surface area contributed by atoms with Gasteiger partial charge in [0.2, 0.25) is 0 Å². The molecule has 1 unspecified atom stereocenters. The molecule has 0 radical (unpaired) electrons. The Morgan fingerprint density at radius 2 is 2.06 bits per heavy atom. The standard InChI is InChI=1S/C14H17NO2/c1-13(2)12(16)17-9-14(15-13)8-7-10-5-3-4-6-11(10)14/h3-6,15H,7-9H2,1-2H3. The fraction of sp³-hybridized carbons (Fsp3) is 0.500. The summed E-state index contributed by atoms with van der Waals surface area (Å²) in [4.78, 5) is 11.7. The average Bonchev–Trinajstić information content (AvgIpc) is 2.64. The lowest BCUT2D eigenvalue weighted by atomic mass is 9.87. The number of ether oxygens (including phenoxy) is 1. The topological polar surface area (TPSA) is 38.3 Å².